The first-order chi connectivity index (χ1) is 17.1. The molecule has 4 aromatic rings. The van der Waals surface area contributed by atoms with Crippen molar-refractivity contribution in [3.63, 3.8) is 0 Å². The lowest BCUT2D eigenvalue weighted by atomic mass is 9.93. The van der Waals surface area contributed by atoms with Gasteiger partial charge in [-0.3, -0.25) is 14.6 Å². The summed E-state index contributed by atoms with van der Waals surface area (Å²) in [4.78, 5) is 43.1. The third kappa shape index (κ3) is 4.90. The Hall–Kier alpha value is -4.11. The summed E-state index contributed by atoms with van der Waals surface area (Å²) in [6.07, 6.45) is 4.79. The molecule has 1 N–H and O–H groups in total. The topological polar surface area (TPSA) is 110 Å². The molecule has 2 aromatic heterocycles. The van der Waals surface area contributed by atoms with Gasteiger partial charge in [0.1, 0.15) is 18.1 Å². The highest BCUT2D eigenvalue weighted by atomic mass is 16.5. The van der Waals surface area contributed by atoms with E-state index in [-0.39, 0.29) is 24.2 Å². The quantitative estimate of drug-likeness (QED) is 0.409. The van der Waals surface area contributed by atoms with Crippen molar-refractivity contribution < 1.29 is 19.1 Å². The normalized spacial score (nSPS) is 14.3. The number of amides is 1. The zero-order valence-electron chi connectivity index (χ0n) is 19.3. The van der Waals surface area contributed by atoms with Crippen LogP contribution in [-0.4, -0.2) is 63.3 Å². The number of methoxy groups -OCH3 is 1. The van der Waals surface area contributed by atoms with Crippen LogP contribution in [-0.2, 0) is 9.53 Å². The van der Waals surface area contributed by atoms with Crippen LogP contribution < -0.4 is 4.74 Å². The lowest BCUT2D eigenvalue weighted by molar-refractivity contribution is -0.136. The minimum Gasteiger partial charge on any atom is -0.437 e. The van der Waals surface area contributed by atoms with Gasteiger partial charge >= 0.3 is 0 Å². The number of piperidine rings is 1. The number of rotatable bonds is 7. The fraction of sp³-hybridized carbons (Fsp3) is 0.269. The molecule has 0 saturated carbocycles. The van der Waals surface area contributed by atoms with Crippen molar-refractivity contribution in [3.8, 4) is 11.6 Å². The van der Waals surface area contributed by atoms with Gasteiger partial charge in [-0.15, -0.1) is 0 Å². The van der Waals surface area contributed by atoms with Crippen LogP contribution in [0.3, 0.4) is 0 Å². The molecule has 0 unspecified atom stereocenters. The highest BCUT2D eigenvalue weighted by Crippen LogP contribution is 2.33. The Morgan fingerprint density at radius 3 is 2.51 bits per heavy atom. The molecule has 1 amide bonds. The van der Waals surface area contributed by atoms with Gasteiger partial charge in [-0.2, -0.15) is 0 Å². The molecular weight excluding hydrogens is 446 g/mol. The molecule has 1 fully saturated rings. The average Bonchev–Trinajstić information content (AvgIpc) is 3.34. The molecule has 3 heterocycles. The number of hydrogen-bond acceptors (Lipinski definition) is 7. The number of imidazole rings is 1. The highest BCUT2D eigenvalue weighted by Gasteiger charge is 2.27. The Kier molecular flexibility index (Phi) is 6.49. The molecule has 0 spiro atoms. The van der Waals surface area contributed by atoms with E-state index in [1.807, 2.05) is 29.2 Å². The van der Waals surface area contributed by atoms with Gasteiger partial charge in [0.15, 0.2) is 5.82 Å². The first-order valence-electron chi connectivity index (χ1n) is 11.5. The number of carbonyl (C=O) groups is 2. The second-order valence-electron chi connectivity index (χ2n) is 8.39. The first-order valence-corrected chi connectivity index (χ1v) is 11.5. The largest absolute Gasteiger partial charge is 0.437 e. The number of nitrogens with zero attached hydrogens (tertiary/aromatic N) is 4. The SMILES string of the molecule is COCC(=O)N1CCC(c2nccnc2Oc2ccc(C(=O)c3nc4ccccc4[nH]3)cc2)CC1. The van der Waals surface area contributed by atoms with Crippen LogP contribution in [0.2, 0.25) is 0 Å². The van der Waals surface area contributed by atoms with E-state index in [0.717, 1.165) is 29.6 Å². The number of aromatic amines is 1. The fourth-order valence-electron chi connectivity index (χ4n) is 4.29. The smallest absolute Gasteiger partial charge is 0.248 e. The van der Waals surface area contributed by atoms with E-state index in [4.69, 9.17) is 9.47 Å². The summed E-state index contributed by atoms with van der Waals surface area (Å²) in [5.41, 5.74) is 2.84. The number of hydrogen-bond donors (Lipinski definition) is 1. The predicted molar refractivity (Wildman–Crippen MR) is 129 cm³/mol. The Bertz CT molecular complexity index is 1310. The number of likely N-dealkylation sites (tertiary alicyclic amines) is 1. The van der Waals surface area contributed by atoms with E-state index in [9.17, 15) is 9.59 Å². The number of carbonyl (C=O) groups excluding carboxylic acids is 2. The zero-order valence-corrected chi connectivity index (χ0v) is 19.3. The van der Waals surface area contributed by atoms with E-state index >= 15 is 0 Å². The van der Waals surface area contributed by atoms with Crippen molar-refractivity contribution in [1.82, 2.24) is 24.8 Å². The Labute approximate surface area is 202 Å². The molecular formula is C26H25N5O4. The molecule has 2 aromatic carbocycles. The predicted octanol–water partition coefficient (Wildman–Crippen LogP) is 3.73. The Morgan fingerprint density at radius 1 is 1.03 bits per heavy atom. The van der Waals surface area contributed by atoms with E-state index in [0.29, 0.717) is 36.1 Å². The molecule has 1 aliphatic heterocycles. The van der Waals surface area contributed by atoms with Crippen molar-refractivity contribution >= 4 is 22.7 Å². The maximum atomic E-state index is 12.9. The summed E-state index contributed by atoms with van der Waals surface area (Å²) in [7, 11) is 1.52. The lowest BCUT2D eigenvalue weighted by Gasteiger charge is -2.31. The molecule has 178 valence electrons. The molecule has 1 saturated heterocycles. The summed E-state index contributed by atoms with van der Waals surface area (Å²) >= 11 is 0. The van der Waals surface area contributed by atoms with Crippen LogP contribution >= 0.6 is 0 Å². The van der Waals surface area contributed by atoms with Gasteiger partial charge in [0.25, 0.3) is 0 Å². The van der Waals surface area contributed by atoms with Crippen molar-refractivity contribution in [2.45, 2.75) is 18.8 Å². The number of para-hydroxylation sites is 2. The Balaban J connectivity index is 1.27. The van der Waals surface area contributed by atoms with Crippen molar-refractivity contribution in [1.29, 1.82) is 0 Å². The number of aromatic nitrogens is 4. The maximum Gasteiger partial charge on any atom is 0.248 e. The standard InChI is InChI=1S/C26H25N5O4/c1-34-16-22(32)31-14-10-17(11-15-31)23-26(28-13-12-27-23)35-19-8-6-18(7-9-19)24(33)25-29-20-4-2-3-5-21(20)30-25/h2-9,12-13,17H,10-11,14-16H2,1H3,(H,29,30). The molecule has 0 atom stereocenters. The first kappa shape index (κ1) is 22.7. The van der Waals surface area contributed by atoms with Gasteiger partial charge < -0.3 is 19.4 Å². The van der Waals surface area contributed by atoms with E-state index in [1.54, 1.807) is 36.7 Å². The number of fused-ring (bicyclic) bond motifs is 1. The van der Waals surface area contributed by atoms with E-state index in [2.05, 4.69) is 19.9 Å². The second kappa shape index (κ2) is 10.0. The van der Waals surface area contributed by atoms with E-state index < -0.39 is 0 Å². The molecule has 9 heteroatoms. The van der Waals surface area contributed by atoms with Gasteiger partial charge in [-0.25, -0.2) is 9.97 Å². The number of nitrogens with one attached hydrogen (secondary N) is 1. The summed E-state index contributed by atoms with van der Waals surface area (Å²) in [6.45, 7) is 1.38. The van der Waals surface area contributed by atoms with Crippen LogP contribution in [0, 0.1) is 0 Å². The third-order valence-electron chi connectivity index (χ3n) is 6.13. The van der Waals surface area contributed by atoms with Crippen LogP contribution in [0.4, 0.5) is 0 Å². The van der Waals surface area contributed by atoms with Crippen molar-refractivity contribution in [2.75, 3.05) is 26.8 Å². The van der Waals surface area contributed by atoms with Crippen molar-refractivity contribution in [3.05, 3.63) is 78.0 Å². The van der Waals surface area contributed by atoms with Crippen LogP contribution in [0.15, 0.2) is 60.9 Å². The minimum atomic E-state index is -0.192. The molecule has 0 bridgehead atoms. The van der Waals surface area contributed by atoms with Crippen LogP contribution in [0.25, 0.3) is 11.0 Å². The van der Waals surface area contributed by atoms with E-state index in [1.165, 1.54) is 7.11 Å². The molecule has 9 nitrogen and oxygen atoms in total. The summed E-state index contributed by atoms with van der Waals surface area (Å²) in [6, 6.07) is 14.4. The summed E-state index contributed by atoms with van der Waals surface area (Å²) in [5.74, 6) is 1.23. The van der Waals surface area contributed by atoms with Gasteiger partial charge in [0.05, 0.1) is 11.0 Å². The maximum absolute atomic E-state index is 12.9. The average molecular weight is 472 g/mol. The molecule has 5 rings (SSSR count). The zero-order chi connectivity index (χ0) is 24.2. The highest BCUT2D eigenvalue weighted by molar-refractivity contribution is 6.08. The second-order valence-corrected chi connectivity index (χ2v) is 8.39. The Morgan fingerprint density at radius 2 is 1.77 bits per heavy atom. The minimum absolute atomic E-state index is 0.00106. The van der Waals surface area contributed by atoms with Crippen LogP contribution in [0.1, 0.15) is 40.6 Å². The van der Waals surface area contributed by atoms with Gasteiger partial charge in [0, 0.05) is 44.1 Å². The van der Waals surface area contributed by atoms with Gasteiger partial charge in [-0.05, 0) is 49.2 Å². The molecule has 0 radical (unpaired) electrons. The number of ketones is 1. The molecule has 0 aliphatic carbocycles. The third-order valence-corrected chi connectivity index (χ3v) is 6.13. The van der Waals surface area contributed by atoms with Gasteiger partial charge in [0.2, 0.25) is 17.6 Å². The molecule has 1 aliphatic rings. The van der Waals surface area contributed by atoms with Gasteiger partial charge in [-0.1, -0.05) is 12.1 Å². The van der Waals surface area contributed by atoms with Crippen LogP contribution in [0.5, 0.6) is 11.6 Å². The summed E-state index contributed by atoms with van der Waals surface area (Å²) in [5, 5.41) is 0. The number of ether oxygens (including phenoxy) is 2. The fourth-order valence-corrected chi connectivity index (χ4v) is 4.29. The molecule has 35 heavy (non-hydrogen) atoms. The summed E-state index contributed by atoms with van der Waals surface area (Å²) < 4.78 is 11.0. The number of H-pyrrole nitrogens is 1. The van der Waals surface area contributed by atoms with Crippen molar-refractivity contribution in [2.24, 2.45) is 0 Å². The lowest BCUT2D eigenvalue weighted by Crippen LogP contribution is -2.39. The monoisotopic (exact) mass is 471 g/mol. The number of benzene rings is 2.